The molecule has 0 radical (unpaired) electrons. The minimum Gasteiger partial charge on any atom is -0.396 e. The SMILES string of the molecule is Cc1cccc(C)c1SC(OP(=O)(OCCC#N)OCCC#N)=C1c2ccccc2N(C)c2ccccc21. The number of aryl methyl sites for hydroxylation is 2. The van der Waals surface area contributed by atoms with Crippen LogP contribution in [0.2, 0.25) is 0 Å². The van der Waals surface area contributed by atoms with Gasteiger partial charge < -0.3 is 9.42 Å². The minimum atomic E-state index is -4.20. The van der Waals surface area contributed by atoms with E-state index in [0.717, 1.165) is 44.1 Å². The lowest BCUT2D eigenvalue weighted by Crippen LogP contribution is -2.18. The minimum absolute atomic E-state index is 0.0152. The Labute approximate surface area is 227 Å². The first-order valence-electron chi connectivity index (χ1n) is 12.1. The first kappa shape index (κ1) is 27.5. The van der Waals surface area contributed by atoms with Crippen molar-refractivity contribution in [3.05, 3.63) is 94.1 Å². The number of fused-ring (bicyclic) bond motifs is 2. The summed E-state index contributed by atoms with van der Waals surface area (Å²) in [7, 11) is -2.19. The van der Waals surface area contributed by atoms with Gasteiger partial charge in [0.25, 0.3) is 0 Å². The average molecular weight is 546 g/mol. The van der Waals surface area contributed by atoms with Gasteiger partial charge in [-0.15, -0.1) is 0 Å². The van der Waals surface area contributed by atoms with Crippen molar-refractivity contribution >= 4 is 36.5 Å². The molecule has 0 saturated heterocycles. The highest BCUT2D eigenvalue weighted by Crippen LogP contribution is 2.58. The van der Waals surface area contributed by atoms with E-state index in [2.05, 4.69) is 4.90 Å². The van der Waals surface area contributed by atoms with Crippen molar-refractivity contribution in [1.29, 1.82) is 10.5 Å². The Bertz CT molecular complexity index is 1400. The van der Waals surface area contributed by atoms with Gasteiger partial charge in [0, 0.05) is 40.0 Å². The molecular weight excluding hydrogens is 517 g/mol. The molecule has 9 heteroatoms. The van der Waals surface area contributed by atoms with Crippen LogP contribution in [-0.2, 0) is 18.1 Å². The molecule has 0 amide bonds. The van der Waals surface area contributed by atoms with Crippen molar-refractivity contribution in [2.24, 2.45) is 0 Å². The molecule has 1 heterocycles. The van der Waals surface area contributed by atoms with Gasteiger partial charge in [-0.05, 0) is 37.1 Å². The summed E-state index contributed by atoms with van der Waals surface area (Å²) >= 11 is 1.36. The van der Waals surface area contributed by atoms with Gasteiger partial charge in [0.05, 0.1) is 38.2 Å². The predicted octanol–water partition coefficient (Wildman–Crippen LogP) is 7.88. The molecule has 1 aliphatic rings. The van der Waals surface area contributed by atoms with E-state index in [9.17, 15) is 4.57 Å². The lowest BCUT2D eigenvalue weighted by molar-refractivity contribution is 0.145. The molecular formula is C29H28N3O4PS. The Hall–Kier alpha value is -3.52. The van der Waals surface area contributed by atoms with Gasteiger partial charge in [0.2, 0.25) is 0 Å². The number of nitriles is 2. The van der Waals surface area contributed by atoms with Crippen LogP contribution >= 0.6 is 19.6 Å². The van der Waals surface area contributed by atoms with Gasteiger partial charge in [-0.2, -0.15) is 10.5 Å². The van der Waals surface area contributed by atoms with Crippen molar-refractivity contribution in [3.63, 3.8) is 0 Å². The molecule has 194 valence electrons. The quantitative estimate of drug-likeness (QED) is 0.110. The van der Waals surface area contributed by atoms with Crippen molar-refractivity contribution in [1.82, 2.24) is 0 Å². The topological polar surface area (TPSA) is 95.6 Å². The highest BCUT2D eigenvalue weighted by molar-refractivity contribution is 8.03. The third-order valence-electron chi connectivity index (χ3n) is 6.00. The molecule has 0 saturated carbocycles. The molecule has 4 rings (SSSR count). The zero-order valence-electron chi connectivity index (χ0n) is 21.5. The molecule has 1 aliphatic heterocycles. The monoisotopic (exact) mass is 545 g/mol. The van der Waals surface area contributed by atoms with E-state index in [1.807, 2.05) is 99.8 Å². The van der Waals surface area contributed by atoms with Crippen LogP contribution in [0, 0.1) is 36.5 Å². The molecule has 38 heavy (non-hydrogen) atoms. The normalized spacial score (nSPS) is 12.2. The maximum Gasteiger partial charge on any atom is 0.530 e. The number of benzene rings is 3. The fourth-order valence-corrected chi connectivity index (χ4v) is 6.71. The first-order chi connectivity index (χ1) is 18.4. The molecule has 3 aromatic rings. The van der Waals surface area contributed by atoms with Crippen LogP contribution in [0.1, 0.15) is 35.1 Å². The summed E-state index contributed by atoms with van der Waals surface area (Å²) in [6, 6.07) is 25.9. The maximum absolute atomic E-state index is 13.9. The molecule has 0 aromatic heterocycles. The molecule has 0 N–H and O–H groups in total. The van der Waals surface area contributed by atoms with Gasteiger partial charge in [0.1, 0.15) is 0 Å². The summed E-state index contributed by atoms with van der Waals surface area (Å²) in [5.41, 5.74) is 6.58. The first-order valence-corrected chi connectivity index (χ1v) is 14.4. The van der Waals surface area contributed by atoms with E-state index in [0.29, 0.717) is 5.09 Å². The summed E-state index contributed by atoms with van der Waals surface area (Å²) in [4.78, 5) is 3.08. The smallest absolute Gasteiger partial charge is 0.396 e. The molecule has 0 aliphatic carbocycles. The Balaban J connectivity index is 1.94. The third-order valence-corrected chi connectivity index (χ3v) is 8.85. The fourth-order valence-electron chi connectivity index (χ4n) is 4.22. The fraction of sp³-hybridized carbons (Fsp3) is 0.241. The average Bonchev–Trinajstić information content (AvgIpc) is 2.91. The molecule has 0 spiro atoms. The number of hydrogen-bond donors (Lipinski definition) is 0. The molecule has 3 aromatic carbocycles. The van der Waals surface area contributed by atoms with Crippen LogP contribution in [0.5, 0.6) is 0 Å². The Morgan fingerprint density at radius 1 is 0.842 bits per heavy atom. The number of thioether (sulfide) groups is 1. The van der Waals surface area contributed by atoms with Crippen LogP contribution < -0.4 is 4.90 Å². The highest BCUT2D eigenvalue weighted by atomic mass is 32.2. The number of rotatable bonds is 10. The summed E-state index contributed by atoms with van der Waals surface area (Å²) in [6.45, 7) is 3.76. The van der Waals surface area contributed by atoms with E-state index in [1.54, 1.807) is 0 Å². The van der Waals surface area contributed by atoms with Crippen molar-refractivity contribution in [3.8, 4) is 12.1 Å². The number of phosphoric ester groups is 1. The summed E-state index contributed by atoms with van der Waals surface area (Å²) in [5.74, 6) is 0. The number of anilines is 2. The van der Waals surface area contributed by atoms with Crippen molar-refractivity contribution in [2.45, 2.75) is 31.6 Å². The van der Waals surface area contributed by atoms with Gasteiger partial charge in [0.15, 0.2) is 5.09 Å². The van der Waals surface area contributed by atoms with Crippen LogP contribution in [0.4, 0.5) is 11.4 Å². The number of nitrogens with zero attached hydrogens (tertiary/aromatic N) is 3. The molecule has 0 fully saturated rings. The second kappa shape index (κ2) is 12.3. The van der Waals surface area contributed by atoms with Crippen LogP contribution in [0.25, 0.3) is 5.57 Å². The van der Waals surface area contributed by atoms with E-state index < -0.39 is 7.82 Å². The summed E-state index contributed by atoms with van der Waals surface area (Å²) in [5, 5.41) is 18.4. The van der Waals surface area contributed by atoms with Gasteiger partial charge in [-0.1, -0.05) is 66.4 Å². The second-order valence-electron chi connectivity index (χ2n) is 8.60. The summed E-state index contributed by atoms with van der Waals surface area (Å²) < 4.78 is 31.3. The molecule has 7 nitrogen and oxygen atoms in total. The second-order valence-corrected chi connectivity index (χ2v) is 11.2. The maximum atomic E-state index is 13.9. The number of hydrogen-bond acceptors (Lipinski definition) is 8. The van der Waals surface area contributed by atoms with E-state index in [-0.39, 0.29) is 26.1 Å². The molecule has 0 bridgehead atoms. The lowest BCUT2D eigenvalue weighted by Gasteiger charge is -2.33. The molecule has 0 atom stereocenters. The Morgan fingerprint density at radius 3 is 1.84 bits per heavy atom. The lowest BCUT2D eigenvalue weighted by atomic mass is 9.91. The Morgan fingerprint density at radius 2 is 1.34 bits per heavy atom. The zero-order valence-corrected chi connectivity index (χ0v) is 23.2. The number of phosphoric acid groups is 1. The van der Waals surface area contributed by atoms with Crippen LogP contribution in [0.15, 0.2) is 76.7 Å². The van der Waals surface area contributed by atoms with Crippen LogP contribution in [0.3, 0.4) is 0 Å². The largest absolute Gasteiger partial charge is 0.530 e. The number of para-hydroxylation sites is 2. The van der Waals surface area contributed by atoms with Crippen molar-refractivity contribution < 1.29 is 18.1 Å². The Kier molecular flexibility index (Phi) is 8.94. The standard InChI is InChI=1S/C29H28N3O4PS/c1-21-11-8-12-22(2)28(21)38-29(36-37(33,34-19-9-17-30)35-20-10-18-31)27-23-13-4-6-15-25(23)32(3)26-16-7-5-14-24(26)27/h4-8,11-16H,9-10,19-20H2,1-3H3. The van der Waals surface area contributed by atoms with Gasteiger partial charge in [-0.25, -0.2) is 4.57 Å². The van der Waals surface area contributed by atoms with Gasteiger partial charge in [-0.3, -0.25) is 9.05 Å². The molecule has 0 unspecified atom stereocenters. The third kappa shape index (κ3) is 5.96. The van der Waals surface area contributed by atoms with E-state index in [4.69, 9.17) is 24.1 Å². The van der Waals surface area contributed by atoms with E-state index >= 15 is 0 Å². The predicted molar refractivity (Wildman–Crippen MR) is 150 cm³/mol. The zero-order chi connectivity index (χ0) is 27.1. The van der Waals surface area contributed by atoms with Crippen molar-refractivity contribution in [2.75, 3.05) is 25.2 Å². The van der Waals surface area contributed by atoms with Gasteiger partial charge >= 0.3 is 7.82 Å². The van der Waals surface area contributed by atoms with Crippen LogP contribution in [-0.4, -0.2) is 20.3 Å². The highest BCUT2D eigenvalue weighted by Gasteiger charge is 2.35. The van der Waals surface area contributed by atoms with E-state index in [1.165, 1.54) is 11.8 Å². The summed E-state index contributed by atoms with van der Waals surface area (Å²) in [6.07, 6.45) is 0.0305.